The van der Waals surface area contributed by atoms with Crippen molar-refractivity contribution in [3.8, 4) is 0 Å². The lowest BCUT2D eigenvalue weighted by Crippen LogP contribution is -2.37. The first-order valence-electron chi connectivity index (χ1n) is 5.96. The highest BCUT2D eigenvalue weighted by molar-refractivity contribution is 5.91. The van der Waals surface area contributed by atoms with Crippen molar-refractivity contribution in [1.82, 2.24) is 0 Å². The highest BCUT2D eigenvalue weighted by atomic mass is 16.6. The first-order chi connectivity index (χ1) is 8.19. The lowest BCUT2D eigenvalue weighted by atomic mass is 10.1. The molecule has 2 rings (SSSR count). The van der Waals surface area contributed by atoms with Gasteiger partial charge in [-0.1, -0.05) is 25.1 Å². The van der Waals surface area contributed by atoms with E-state index in [0.29, 0.717) is 6.54 Å². The molecule has 4 heteroatoms. The standard InChI is InChI=1S/C13H18N2O2/c1-3-10-6-4-5-7-11(10)15-9(2)12(8-14)17-13(15)16/h4-7,9,12H,3,8,14H2,1-2H3. The molecular weight excluding hydrogens is 216 g/mol. The van der Waals surface area contributed by atoms with Gasteiger partial charge >= 0.3 is 6.09 Å². The highest BCUT2D eigenvalue weighted by Gasteiger charge is 2.39. The maximum absolute atomic E-state index is 11.9. The van der Waals surface area contributed by atoms with E-state index in [2.05, 4.69) is 6.92 Å². The molecule has 2 atom stereocenters. The smallest absolute Gasteiger partial charge is 0.415 e. The minimum Gasteiger partial charge on any atom is -0.442 e. The molecule has 2 N–H and O–H groups in total. The van der Waals surface area contributed by atoms with E-state index in [1.54, 1.807) is 4.90 Å². The fourth-order valence-corrected chi connectivity index (χ4v) is 2.22. The van der Waals surface area contributed by atoms with Crippen LogP contribution in [-0.2, 0) is 11.2 Å². The van der Waals surface area contributed by atoms with Crippen molar-refractivity contribution in [3.63, 3.8) is 0 Å². The molecule has 1 heterocycles. The van der Waals surface area contributed by atoms with Crippen LogP contribution >= 0.6 is 0 Å². The average molecular weight is 234 g/mol. The van der Waals surface area contributed by atoms with Gasteiger partial charge < -0.3 is 10.5 Å². The molecule has 0 saturated carbocycles. The van der Waals surface area contributed by atoms with Crippen molar-refractivity contribution in [2.24, 2.45) is 5.73 Å². The first kappa shape index (κ1) is 11.9. The maximum atomic E-state index is 11.9. The first-order valence-corrected chi connectivity index (χ1v) is 5.96. The van der Waals surface area contributed by atoms with Gasteiger partial charge in [-0.25, -0.2) is 4.79 Å². The predicted octanol–water partition coefficient (Wildman–Crippen LogP) is 1.92. The Bertz CT molecular complexity index is 420. The zero-order chi connectivity index (χ0) is 12.4. The number of nitrogens with zero attached hydrogens (tertiary/aromatic N) is 1. The lowest BCUT2D eigenvalue weighted by Gasteiger charge is -2.22. The van der Waals surface area contributed by atoms with Crippen molar-refractivity contribution in [3.05, 3.63) is 29.8 Å². The number of carbonyl (C=O) groups is 1. The molecule has 1 aliphatic heterocycles. The fourth-order valence-electron chi connectivity index (χ4n) is 2.22. The van der Waals surface area contributed by atoms with Gasteiger partial charge in [0.25, 0.3) is 0 Å². The number of anilines is 1. The summed E-state index contributed by atoms with van der Waals surface area (Å²) in [7, 11) is 0. The average Bonchev–Trinajstić information content (AvgIpc) is 2.64. The van der Waals surface area contributed by atoms with Crippen molar-refractivity contribution < 1.29 is 9.53 Å². The Balaban J connectivity index is 2.36. The largest absolute Gasteiger partial charge is 0.442 e. The van der Waals surface area contributed by atoms with Gasteiger partial charge in [-0.15, -0.1) is 0 Å². The van der Waals surface area contributed by atoms with E-state index in [-0.39, 0.29) is 18.2 Å². The summed E-state index contributed by atoms with van der Waals surface area (Å²) in [6.07, 6.45) is 0.376. The SMILES string of the molecule is CCc1ccccc1N1C(=O)OC(CN)C1C. The maximum Gasteiger partial charge on any atom is 0.415 e. The monoisotopic (exact) mass is 234 g/mol. The molecule has 0 spiro atoms. The zero-order valence-corrected chi connectivity index (χ0v) is 10.2. The van der Waals surface area contributed by atoms with Gasteiger partial charge in [0, 0.05) is 6.54 Å². The summed E-state index contributed by atoms with van der Waals surface area (Å²) in [5, 5.41) is 0. The molecule has 4 nitrogen and oxygen atoms in total. The molecule has 2 unspecified atom stereocenters. The van der Waals surface area contributed by atoms with Crippen LogP contribution in [0.3, 0.4) is 0 Å². The molecule has 0 aliphatic carbocycles. The summed E-state index contributed by atoms with van der Waals surface area (Å²) in [5.74, 6) is 0. The number of hydrogen-bond acceptors (Lipinski definition) is 3. The second-order valence-corrected chi connectivity index (χ2v) is 4.25. The fraction of sp³-hybridized carbons (Fsp3) is 0.462. The van der Waals surface area contributed by atoms with E-state index in [4.69, 9.17) is 10.5 Å². The summed E-state index contributed by atoms with van der Waals surface area (Å²) in [5.41, 5.74) is 7.67. The number of para-hydroxylation sites is 1. The number of hydrogen-bond donors (Lipinski definition) is 1. The minimum absolute atomic E-state index is 0.0137. The van der Waals surface area contributed by atoms with Gasteiger partial charge in [0.1, 0.15) is 6.10 Å². The molecule has 1 aromatic rings. The Morgan fingerprint density at radius 3 is 2.71 bits per heavy atom. The summed E-state index contributed by atoms with van der Waals surface area (Å²) < 4.78 is 5.25. The molecule has 1 aliphatic rings. The van der Waals surface area contributed by atoms with Gasteiger partial charge in [-0.2, -0.15) is 0 Å². The van der Waals surface area contributed by atoms with E-state index in [9.17, 15) is 4.79 Å². The molecule has 0 radical (unpaired) electrons. The van der Waals surface area contributed by atoms with Crippen LogP contribution in [0, 0.1) is 0 Å². The third-order valence-electron chi connectivity index (χ3n) is 3.26. The Labute approximate surface area is 101 Å². The van der Waals surface area contributed by atoms with Crippen LogP contribution in [0.25, 0.3) is 0 Å². The van der Waals surface area contributed by atoms with Crippen LogP contribution < -0.4 is 10.6 Å². The van der Waals surface area contributed by atoms with Crippen LogP contribution in [0.1, 0.15) is 19.4 Å². The van der Waals surface area contributed by atoms with E-state index in [1.807, 2.05) is 31.2 Å². The number of ether oxygens (including phenoxy) is 1. The summed E-state index contributed by atoms with van der Waals surface area (Å²) in [4.78, 5) is 13.6. The van der Waals surface area contributed by atoms with Gasteiger partial charge in [0.2, 0.25) is 0 Å². The Hall–Kier alpha value is -1.55. The van der Waals surface area contributed by atoms with Gasteiger partial charge in [0.05, 0.1) is 11.7 Å². The van der Waals surface area contributed by atoms with Crippen molar-refractivity contribution in [1.29, 1.82) is 0 Å². The van der Waals surface area contributed by atoms with Crippen molar-refractivity contribution in [2.75, 3.05) is 11.4 Å². The number of cyclic esters (lactones) is 1. The van der Waals surface area contributed by atoms with E-state index in [0.717, 1.165) is 17.7 Å². The Morgan fingerprint density at radius 1 is 1.41 bits per heavy atom. The molecule has 1 saturated heterocycles. The van der Waals surface area contributed by atoms with Crippen LogP contribution in [0.2, 0.25) is 0 Å². The number of amides is 1. The van der Waals surface area contributed by atoms with Gasteiger partial charge in [0.15, 0.2) is 0 Å². The quantitative estimate of drug-likeness (QED) is 0.869. The van der Waals surface area contributed by atoms with E-state index >= 15 is 0 Å². The Morgan fingerprint density at radius 2 is 2.12 bits per heavy atom. The number of carbonyl (C=O) groups excluding carboxylic acids is 1. The normalized spacial score (nSPS) is 23.9. The van der Waals surface area contributed by atoms with Crippen LogP contribution in [-0.4, -0.2) is 24.8 Å². The summed E-state index contributed by atoms with van der Waals surface area (Å²) in [6.45, 7) is 4.40. The molecule has 0 bridgehead atoms. The number of aryl methyl sites for hydroxylation is 1. The second-order valence-electron chi connectivity index (χ2n) is 4.25. The molecule has 17 heavy (non-hydrogen) atoms. The number of benzene rings is 1. The molecule has 1 fully saturated rings. The zero-order valence-electron chi connectivity index (χ0n) is 10.2. The Kier molecular flexibility index (Phi) is 3.33. The second kappa shape index (κ2) is 4.75. The highest BCUT2D eigenvalue weighted by Crippen LogP contribution is 2.29. The van der Waals surface area contributed by atoms with Gasteiger partial charge in [-0.3, -0.25) is 4.90 Å². The molecule has 1 amide bonds. The topological polar surface area (TPSA) is 55.6 Å². The third-order valence-corrected chi connectivity index (χ3v) is 3.26. The molecule has 1 aromatic carbocycles. The molecule has 92 valence electrons. The van der Waals surface area contributed by atoms with Crippen LogP contribution in [0.5, 0.6) is 0 Å². The summed E-state index contributed by atoms with van der Waals surface area (Å²) in [6, 6.07) is 7.89. The van der Waals surface area contributed by atoms with E-state index in [1.165, 1.54) is 0 Å². The van der Waals surface area contributed by atoms with Crippen LogP contribution in [0.4, 0.5) is 10.5 Å². The van der Waals surface area contributed by atoms with E-state index < -0.39 is 0 Å². The van der Waals surface area contributed by atoms with Gasteiger partial charge in [-0.05, 0) is 25.0 Å². The van der Waals surface area contributed by atoms with Crippen LogP contribution in [0.15, 0.2) is 24.3 Å². The van der Waals surface area contributed by atoms with Crippen molar-refractivity contribution >= 4 is 11.8 Å². The lowest BCUT2D eigenvalue weighted by molar-refractivity contribution is 0.137. The molecule has 0 aromatic heterocycles. The van der Waals surface area contributed by atoms with Crippen molar-refractivity contribution in [2.45, 2.75) is 32.4 Å². The predicted molar refractivity (Wildman–Crippen MR) is 67.1 cm³/mol. The number of rotatable bonds is 3. The minimum atomic E-state index is -0.297. The number of nitrogens with two attached hydrogens (primary N) is 1. The summed E-state index contributed by atoms with van der Waals surface area (Å²) >= 11 is 0. The molecular formula is C13H18N2O2. The third kappa shape index (κ3) is 2.00.